The summed E-state index contributed by atoms with van der Waals surface area (Å²) in [7, 11) is -2.42. The number of benzene rings is 2. The van der Waals surface area contributed by atoms with Crippen LogP contribution >= 0.6 is 0 Å². The summed E-state index contributed by atoms with van der Waals surface area (Å²) in [6, 6.07) is 10.7. The summed E-state index contributed by atoms with van der Waals surface area (Å²) in [5, 5.41) is 7.09. The van der Waals surface area contributed by atoms with Crippen LogP contribution in [-0.4, -0.2) is 38.6 Å². The van der Waals surface area contributed by atoms with Crippen molar-refractivity contribution < 1.29 is 35.9 Å². The first-order chi connectivity index (χ1) is 16.9. The maximum Gasteiger partial charge on any atom is 0.416 e. The number of nitrogens with one attached hydrogen (secondary N) is 3. The number of alkyl halides is 3. The number of amides is 3. The summed E-state index contributed by atoms with van der Waals surface area (Å²) in [6.45, 7) is -0.00460. The number of hydrogen-bond acceptors (Lipinski definition) is 6. The third kappa shape index (κ3) is 6.95. The van der Waals surface area contributed by atoms with Crippen molar-refractivity contribution in [2.24, 2.45) is 0 Å². The molecule has 2 aromatic carbocycles. The van der Waals surface area contributed by atoms with Gasteiger partial charge in [0.2, 0.25) is 0 Å². The Morgan fingerprint density at radius 3 is 2.31 bits per heavy atom. The molecule has 3 amide bonds. The maximum absolute atomic E-state index is 13.0. The molecule has 0 radical (unpaired) electrons. The predicted octanol–water partition coefficient (Wildman–Crippen LogP) is 3.98. The van der Waals surface area contributed by atoms with Crippen molar-refractivity contribution in [1.29, 1.82) is 0 Å². The number of halogens is 3. The zero-order chi connectivity index (χ0) is 26.5. The number of rotatable bonds is 7. The second kappa shape index (κ2) is 10.6. The number of carbonyl (C=O) groups excluding carboxylic acids is 2. The van der Waals surface area contributed by atoms with Crippen molar-refractivity contribution in [3.63, 3.8) is 0 Å². The molecule has 13 heteroatoms. The largest absolute Gasteiger partial charge is 0.457 e. The molecule has 0 aliphatic heterocycles. The molecular formula is C23H21F3N4O5S. The van der Waals surface area contributed by atoms with E-state index in [0.29, 0.717) is 29.2 Å². The average molecular weight is 523 g/mol. The summed E-state index contributed by atoms with van der Waals surface area (Å²) < 4.78 is 68.6. The fourth-order valence-corrected chi connectivity index (χ4v) is 3.84. The molecule has 0 unspecified atom stereocenters. The quantitative estimate of drug-likeness (QED) is 0.431. The number of anilines is 1. The molecule has 0 bridgehead atoms. The third-order valence-corrected chi connectivity index (χ3v) is 5.91. The van der Waals surface area contributed by atoms with Crippen LogP contribution in [0.2, 0.25) is 0 Å². The van der Waals surface area contributed by atoms with Crippen LogP contribution in [0, 0.1) is 0 Å². The van der Waals surface area contributed by atoms with Crippen molar-refractivity contribution in [1.82, 2.24) is 15.6 Å². The lowest BCUT2D eigenvalue weighted by Gasteiger charge is -2.14. The van der Waals surface area contributed by atoms with Crippen molar-refractivity contribution in [3.8, 4) is 11.5 Å². The van der Waals surface area contributed by atoms with Crippen LogP contribution in [0.25, 0.3) is 0 Å². The molecule has 3 N–H and O–H groups in total. The lowest BCUT2D eigenvalue weighted by Crippen LogP contribution is -2.29. The highest BCUT2D eigenvalue weighted by Crippen LogP contribution is 2.33. The van der Waals surface area contributed by atoms with Gasteiger partial charge in [-0.15, -0.1) is 0 Å². The Bertz CT molecular complexity index is 1380. The van der Waals surface area contributed by atoms with Crippen molar-refractivity contribution in [2.45, 2.75) is 17.6 Å². The van der Waals surface area contributed by atoms with E-state index in [9.17, 15) is 31.2 Å². The fourth-order valence-electron chi connectivity index (χ4n) is 3.01. The van der Waals surface area contributed by atoms with E-state index in [1.165, 1.54) is 19.3 Å². The zero-order valence-electron chi connectivity index (χ0n) is 19.0. The molecule has 3 aromatic rings. The molecule has 0 aliphatic rings. The monoisotopic (exact) mass is 522 g/mol. The summed E-state index contributed by atoms with van der Waals surface area (Å²) in [4.78, 5) is 27.5. The molecule has 0 fully saturated rings. The molecule has 36 heavy (non-hydrogen) atoms. The van der Waals surface area contributed by atoms with Gasteiger partial charge in [-0.3, -0.25) is 9.78 Å². The molecule has 3 rings (SSSR count). The van der Waals surface area contributed by atoms with Crippen LogP contribution in [-0.2, 0) is 22.6 Å². The van der Waals surface area contributed by atoms with E-state index < -0.39 is 38.2 Å². The van der Waals surface area contributed by atoms with Gasteiger partial charge in [-0.05, 0) is 42.0 Å². The van der Waals surface area contributed by atoms with Gasteiger partial charge >= 0.3 is 12.2 Å². The van der Waals surface area contributed by atoms with Crippen LogP contribution < -0.4 is 20.7 Å². The average Bonchev–Trinajstić information content (AvgIpc) is 2.82. The SMILES string of the molecule is CNC(=O)c1cc(Oc2ccc(CNC(=O)Nc3cc(C(F)(F)F)ccc3S(C)(=O)=O)cc2)ccn1. The normalized spacial score (nSPS) is 11.5. The summed E-state index contributed by atoms with van der Waals surface area (Å²) in [6.07, 6.45) is -2.46. The van der Waals surface area contributed by atoms with E-state index in [1.807, 2.05) is 0 Å². The highest BCUT2D eigenvalue weighted by molar-refractivity contribution is 7.90. The Morgan fingerprint density at radius 1 is 1.00 bits per heavy atom. The lowest BCUT2D eigenvalue weighted by atomic mass is 10.2. The number of nitrogens with zero attached hydrogens (tertiary/aromatic N) is 1. The minimum absolute atomic E-state index is 0.00460. The van der Waals surface area contributed by atoms with Crippen molar-refractivity contribution >= 4 is 27.5 Å². The third-order valence-electron chi connectivity index (χ3n) is 4.76. The minimum Gasteiger partial charge on any atom is -0.457 e. The van der Waals surface area contributed by atoms with Gasteiger partial charge in [0.05, 0.1) is 16.1 Å². The van der Waals surface area contributed by atoms with Gasteiger partial charge in [0, 0.05) is 32.1 Å². The van der Waals surface area contributed by atoms with Gasteiger partial charge in [-0.1, -0.05) is 12.1 Å². The standard InChI is InChI=1S/C23H21F3N4O5S/c1-27-21(31)19-12-17(9-10-28-19)35-16-6-3-14(4-7-16)13-29-22(32)30-18-11-15(23(24,25)26)5-8-20(18)36(2,33)34/h3-12H,13H2,1-2H3,(H,27,31)(H2,29,30,32). The van der Waals surface area contributed by atoms with E-state index >= 15 is 0 Å². The number of carbonyl (C=O) groups is 2. The molecule has 0 atom stereocenters. The Labute approximate surface area is 204 Å². The lowest BCUT2D eigenvalue weighted by molar-refractivity contribution is -0.137. The number of ether oxygens (including phenoxy) is 1. The second-order valence-corrected chi connectivity index (χ2v) is 9.47. The first-order valence-corrected chi connectivity index (χ1v) is 12.2. The second-order valence-electron chi connectivity index (χ2n) is 7.49. The van der Waals surface area contributed by atoms with Crippen LogP contribution in [0.5, 0.6) is 11.5 Å². The predicted molar refractivity (Wildman–Crippen MR) is 125 cm³/mol. The Morgan fingerprint density at radius 2 is 1.69 bits per heavy atom. The van der Waals surface area contributed by atoms with Gasteiger partial charge in [-0.2, -0.15) is 13.2 Å². The van der Waals surface area contributed by atoms with E-state index in [4.69, 9.17) is 4.74 Å². The Kier molecular flexibility index (Phi) is 7.83. The maximum atomic E-state index is 13.0. The molecule has 0 aliphatic carbocycles. The van der Waals surface area contributed by atoms with Crippen LogP contribution in [0.3, 0.4) is 0 Å². The molecule has 1 aromatic heterocycles. The summed E-state index contributed by atoms with van der Waals surface area (Å²) in [5.74, 6) is 0.463. The van der Waals surface area contributed by atoms with E-state index in [2.05, 4.69) is 20.9 Å². The van der Waals surface area contributed by atoms with Gasteiger partial charge in [-0.25, -0.2) is 13.2 Å². The Balaban J connectivity index is 1.64. The molecule has 0 spiro atoms. The molecule has 190 valence electrons. The molecule has 0 saturated heterocycles. The van der Waals surface area contributed by atoms with Crippen molar-refractivity contribution in [3.05, 3.63) is 77.6 Å². The van der Waals surface area contributed by atoms with Gasteiger partial charge in [0.1, 0.15) is 17.2 Å². The number of hydrogen-bond donors (Lipinski definition) is 3. The summed E-state index contributed by atoms with van der Waals surface area (Å²) >= 11 is 0. The smallest absolute Gasteiger partial charge is 0.416 e. The van der Waals surface area contributed by atoms with Crippen molar-refractivity contribution in [2.75, 3.05) is 18.6 Å². The van der Waals surface area contributed by atoms with Gasteiger partial charge < -0.3 is 20.7 Å². The highest BCUT2D eigenvalue weighted by atomic mass is 32.2. The number of sulfone groups is 1. The van der Waals surface area contributed by atoms with Gasteiger partial charge in [0.25, 0.3) is 5.91 Å². The zero-order valence-corrected chi connectivity index (χ0v) is 19.8. The first-order valence-electron chi connectivity index (χ1n) is 10.3. The Hall–Kier alpha value is -4.13. The highest BCUT2D eigenvalue weighted by Gasteiger charge is 2.32. The molecule has 1 heterocycles. The minimum atomic E-state index is -4.72. The number of aromatic nitrogens is 1. The number of pyridine rings is 1. The van der Waals surface area contributed by atoms with E-state index in [1.54, 1.807) is 30.3 Å². The van der Waals surface area contributed by atoms with Crippen LogP contribution in [0.4, 0.5) is 23.7 Å². The van der Waals surface area contributed by atoms with E-state index in [-0.39, 0.29) is 18.1 Å². The van der Waals surface area contributed by atoms with Crippen LogP contribution in [0.1, 0.15) is 21.6 Å². The molecular weight excluding hydrogens is 501 g/mol. The topological polar surface area (TPSA) is 126 Å². The van der Waals surface area contributed by atoms with Crippen LogP contribution in [0.15, 0.2) is 65.7 Å². The molecule has 0 saturated carbocycles. The first kappa shape index (κ1) is 26.5. The van der Waals surface area contributed by atoms with Gasteiger partial charge in [0.15, 0.2) is 9.84 Å². The van der Waals surface area contributed by atoms with E-state index in [0.717, 1.165) is 12.3 Å². The number of urea groups is 1. The molecule has 9 nitrogen and oxygen atoms in total. The fraction of sp³-hybridized carbons (Fsp3) is 0.174. The summed E-state index contributed by atoms with van der Waals surface area (Å²) in [5.41, 5.74) is -0.772.